The van der Waals surface area contributed by atoms with Gasteiger partial charge in [0.05, 0.1) is 0 Å². The van der Waals surface area contributed by atoms with Gasteiger partial charge in [0.25, 0.3) is 0 Å². The number of halogens is 5. The van der Waals surface area contributed by atoms with Crippen LogP contribution in [-0.4, -0.2) is 11.7 Å². The number of nitrogens with one attached hydrogen (secondary N) is 2. The van der Waals surface area contributed by atoms with Crippen LogP contribution in [0.25, 0.3) is 0 Å². The molecule has 9 heteroatoms. The van der Waals surface area contributed by atoms with Gasteiger partial charge < -0.3 is 11.5 Å². The molecule has 3 aromatic carbocycles. The van der Waals surface area contributed by atoms with Crippen LogP contribution in [0.4, 0.5) is 13.2 Å². The van der Waals surface area contributed by atoms with Gasteiger partial charge in [-0.3, -0.25) is 10.8 Å². The highest BCUT2D eigenvalue weighted by Gasteiger charge is 2.12. The fourth-order valence-corrected chi connectivity index (χ4v) is 3.39. The average molecular weight is 497 g/mol. The summed E-state index contributed by atoms with van der Waals surface area (Å²) in [6, 6.07) is 13.7. The molecule has 3 aromatic rings. The molecule has 0 heterocycles. The van der Waals surface area contributed by atoms with E-state index in [-0.39, 0.29) is 42.3 Å². The van der Waals surface area contributed by atoms with Crippen molar-refractivity contribution in [2.45, 2.75) is 25.7 Å². The number of hydrogen-bond acceptors (Lipinski definition) is 2. The zero-order valence-corrected chi connectivity index (χ0v) is 19.3. The first-order chi connectivity index (χ1) is 14.8. The summed E-state index contributed by atoms with van der Waals surface area (Å²) >= 11 is 0. The molecule has 33 heavy (non-hydrogen) atoms. The van der Waals surface area contributed by atoms with Crippen molar-refractivity contribution in [3.63, 3.8) is 0 Å². The molecule has 0 atom stereocenters. The van der Waals surface area contributed by atoms with E-state index < -0.39 is 11.6 Å². The first-order valence-corrected chi connectivity index (χ1v) is 9.78. The molecule has 0 bridgehead atoms. The quantitative estimate of drug-likeness (QED) is 0.258. The number of nitrogens with two attached hydrogens (primary N) is 2. The van der Waals surface area contributed by atoms with Crippen molar-refractivity contribution in [2.75, 3.05) is 0 Å². The van der Waals surface area contributed by atoms with Crippen molar-refractivity contribution < 1.29 is 13.2 Å². The van der Waals surface area contributed by atoms with Crippen molar-refractivity contribution in [1.82, 2.24) is 0 Å². The van der Waals surface area contributed by atoms with Gasteiger partial charge in [-0.25, -0.2) is 13.2 Å². The second-order valence-corrected chi connectivity index (χ2v) is 7.33. The minimum Gasteiger partial charge on any atom is -0.384 e. The van der Waals surface area contributed by atoms with Crippen LogP contribution in [0.3, 0.4) is 0 Å². The maximum absolute atomic E-state index is 14.9. The maximum atomic E-state index is 14.9. The summed E-state index contributed by atoms with van der Waals surface area (Å²) in [7, 11) is 0. The summed E-state index contributed by atoms with van der Waals surface area (Å²) in [4.78, 5) is 0. The minimum absolute atomic E-state index is 0. The van der Waals surface area contributed by atoms with Crippen LogP contribution in [0.5, 0.6) is 0 Å². The van der Waals surface area contributed by atoms with Gasteiger partial charge in [0.2, 0.25) is 0 Å². The Bertz CT molecular complexity index is 1070. The maximum Gasteiger partial charge on any atom is 0.129 e. The third-order valence-electron chi connectivity index (χ3n) is 5.21. The molecule has 0 saturated carbocycles. The first kappa shape index (κ1) is 28.0. The molecule has 4 nitrogen and oxygen atoms in total. The van der Waals surface area contributed by atoms with Gasteiger partial charge in [0.1, 0.15) is 29.1 Å². The Hall–Kier alpha value is -3.03. The van der Waals surface area contributed by atoms with Gasteiger partial charge in [-0.15, -0.1) is 24.8 Å². The fourth-order valence-electron chi connectivity index (χ4n) is 3.39. The Morgan fingerprint density at radius 3 is 1.30 bits per heavy atom. The molecule has 0 aliphatic heterocycles. The topological polar surface area (TPSA) is 99.7 Å². The Morgan fingerprint density at radius 2 is 0.970 bits per heavy atom. The lowest BCUT2D eigenvalue weighted by molar-refractivity contribution is 0.579. The van der Waals surface area contributed by atoms with Crippen molar-refractivity contribution in [3.8, 4) is 0 Å². The molecular formula is C24H25Cl2F3N4. The van der Waals surface area contributed by atoms with Crippen LogP contribution < -0.4 is 11.5 Å². The van der Waals surface area contributed by atoms with Gasteiger partial charge in [0, 0.05) is 11.1 Å². The van der Waals surface area contributed by atoms with E-state index in [2.05, 4.69) is 0 Å². The average Bonchev–Trinajstić information content (AvgIpc) is 2.73. The molecule has 0 amide bonds. The molecule has 0 spiro atoms. The van der Waals surface area contributed by atoms with Gasteiger partial charge in [-0.1, -0.05) is 42.5 Å². The lowest BCUT2D eigenvalue weighted by Gasteiger charge is -2.10. The lowest BCUT2D eigenvalue weighted by atomic mass is 9.97. The monoisotopic (exact) mass is 496 g/mol. The molecule has 0 fully saturated rings. The van der Waals surface area contributed by atoms with Gasteiger partial charge in [-0.05, 0) is 60.1 Å². The van der Waals surface area contributed by atoms with Crippen LogP contribution in [-0.2, 0) is 25.7 Å². The summed E-state index contributed by atoms with van der Waals surface area (Å²) < 4.78 is 43.4. The fraction of sp³-hybridized carbons (Fsp3) is 0.167. The summed E-state index contributed by atoms with van der Waals surface area (Å²) in [6.45, 7) is 0. The van der Waals surface area contributed by atoms with Gasteiger partial charge in [-0.2, -0.15) is 0 Å². The number of aryl methyl sites for hydroxylation is 4. The minimum atomic E-state index is -0.478. The SMILES string of the molecule is Cl.Cl.N=C(N)c1ccc(CCc2cccc(CCc3ccc(C(=N)N)cc3F)c2F)c(F)c1. The van der Waals surface area contributed by atoms with Crippen LogP contribution in [0, 0.1) is 28.3 Å². The summed E-state index contributed by atoms with van der Waals surface area (Å²) in [5.41, 5.74) is 13.1. The normalized spacial score (nSPS) is 10.2. The van der Waals surface area contributed by atoms with Crippen molar-refractivity contribution in [1.29, 1.82) is 10.8 Å². The Morgan fingerprint density at radius 1 is 0.606 bits per heavy atom. The second kappa shape index (κ2) is 12.3. The van der Waals surface area contributed by atoms with E-state index in [0.29, 0.717) is 59.1 Å². The van der Waals surface area contributed by atoms with E-state index in [1.165, 1.54) is 12.1 Å². The molecule has 0 aromatic heterocycles. The second-order valence-electron chi connectivity index (χ2n) is 7.33. The highest BCUT2D eigenvalue weighted by atomic mass is 35.5. The van der Waals surface area contributed by atoms with Crippen molar-refractivity contribution in [2.24, 2.45) is 11.5 Å². The van der Waals surface area contributed by atoms with Crippen LogP contribution in [0.15, 0.2) is 54.6 Å². The summed E-state index contributed by atoms with van der Waals surface area (Å²) in [5, 5.41) is 14.7. The standard InChI is InChI=1S/C24H23F3N4.2ClH/c25-20-12-18(23(28)29)10-6-14(20)4-8-16-2-1-3-17(22(16)27)9-5-15-7-11-19(24(30)31)13-21(15)26;;/h1-3,6-7,10-13H,4-5,8-9H2,(H3,28,29)(H3,30,31);2*1H. The smallest absolute Gasteiger partial charge is 0.129 e. The van der Waals surface area contributed by atoms with E-state index in [0.717, 1.165) is 0 Å². The zero-order chi connectivity index (χ0) is 22.5. The van der Waals surface area contributed by atoms with E-state index in [1.807, 2.05) is 0 Å². The Labute approximate surface area is 203 Å². The number of hydrogen-bond donors (Lipinski definition) is 4. The lowest BCUT2D eigenvalue weighted by Crippen LogP contribution is -2.12. The van der Waals surface area contributed by atoms with E-state index in [1.54, 1.807) is 42.5 Å². The van der Waals surface area contributed by atoms with Crippen LogP contribution >= 0.6 is 24.8 Å². The van der Waals surface area contributed by atoms with Crippen LogP contribution in [0.2, 0.25) is 0 Å². The molecule has 6 N–H and O–H groups in total. The predicted molar refractivity (Wildman–Crippen MR) is 131 cm³/mol. The third kappa shape index (κ3) is 6.97. The summed E-state index contributed by atoms with van der Waals surface area (Å²) in [6.07, 6.45) is 1.20. The first-order valence-electron chi connectivity index (χ1n) is 9.78. The largest absolute Gasteiger partial charge is 0.384 e. The molecule has 0 unspecified atom stereocenters. The molecule has 176 valence electrons. The van der Waals surface area contributed by atoms with Gasteiger partial charge in [0.15, 0.2) is 0 Å². The molecule has 0 aliphatic rings. The molecule has 0 saturated heterocycles. The van der Waals surface area contributed by atoms with Crippen molar-refractivity contribution in [3.05, 3.63) is 105 Å². The molecule has 0 radical (unpaired) electrons. The number of benzene rings is 3. The Balaban J connectivity index is 0.00000272. The third-order valence-corrected chi connectivity index (χ3v) is 5.21. The van der Waals surface area contributed by atoms with Crippen LogP contribution in [0.1, 0.15) is 33.4 Å². The number of nitrogen functional groups attached to an aromatic ring is 2. The predicted octanol–water partition coefficient (Wildman–Crippen LogP) is 5.09. The zero-order valence-electron chi connectivity index (χ0n) is 17.6. The summed E-state index contributed by atoms with van der Waals surface area (Å²) in [5.74, 6) is -1.75. The highest BCUT2D eigenvalue weighted by molar-refractivity contribution is 5.95. The van der Waals surface area contributed by atoms with E-state index in [4.69, 9.17) is 22.3 Å². The van der Waals surface area contributed by atoms with Gasteiger partial charge >= 0.3 is 0 Å². The van der Waals surface area contributed by atoms with Crippen molar-refractivity contribution >= 4 is 36.5 Å². The molecule has 0 aliphatic carbocycles. The molecule has 3 rings (SSSR count). The van der Waals surface area contributed by atoms with E-state index in [9.17, 15) is 13.2 Å². The Kier molecular flexibility index (Phi) is 10.4. The highest BCUT2D eigenvalue weighted by Crippen LogP contribution is 2.20. The number of amidine groups is 2. The number of rotatable bonds is 8. The molecular weight excluding hydrogens is 472 g/mol. The van der Waals surface area contributed by atoms with E-state index >= 15 is 0 Å².